The van der Waals surface area contributed by atoms with Crippen LogP contribution in [0.15, 0.2) is 36.7 Å². The van der Waals surface area contributed by atoms with Crippen LogP contribution in [0, 0.1) is 6.92 Å². The number of carbonyl (C=O) groups excluding carboxylic acids is 2. The van der Waals surface area contributed by atoms with E-state index < -0.39 is 12.0 Å². The maximum absolute atomic E-state index is 13.2. The highest BCUT2D eigenvalue weighted by Crippen LogP contribution is 2.33. The number of piperidine rings is 1. The average molecular weight is 482 g/mol. The Kier molecular flexibility index (Phi) is 8.08. The molecule has 1 saturated heterocycles. The van der Waals surface area contributed by atoms with Crippen LogP contribution in [-0.2, 0) is 16.0 Å². The molecule has 8 nitrogen and oxygen atoms in total. The Labute approximate surface area is 203 Å². The number of aryl methyl sites for hydroxylation is 1. The number of esters is 1. The Morgan fingerprint density at radius 3 is 2.65 bits per heavy atom. The van der Waals surface area contributed by atoms with Crippen LogP contribution < -0.4 is 10.6 Å². The van der Waals surface area contributed by atoms with Crippen molar-refractivity contribution in [1.29, 1.82) is 0 Å². The second kappa shape index (κ2) is 11.4. The van der Waals surface area contributed by atoms with Gasteiger partial charge >= 0.3 is 5.97 Å². The van der Waals surface area contributed by atoms with Crippen LogP contribution in [0.1, 0.15) is 40.1 Å². The summed E-state index contributed by atoms with van der Waals surface area (Å²) >= 11 is 1.31. The van der Waals surface area contributed by atoms with E-state index >= 15 is 0 Å². The fourth-order valence-electron chi connectivity index (χ4n) is 4.35. The van der Waals surface area contributed by atoms with Crippen LogP contribution in [0.25, 0.3) is 10.2 Å². The highest BCUT2D eigenvalue weighted by Gasteiger charge is 2.26. The Morgan fingerprint density at radius 1 is 1.15 bits per heavy atom. The third kappa shape index (κ3) is 5.71. The minimum atomic E-state index is -0.780. The first kappa shape index (κ1) is 24.1. The van der Waals surface area contributed by atoms with Crippen LogP contribution in [-0.4, -0.2) is 66.1 Å². The predicted molar refractivity (Wildman–Crippen MR) is 134 cm³/mol. The van der Waals surface area contributed by atoms with Crippen molar-refractivity contribution >= 4 is 39.2 Å². The van der Waals surface area contributed by atoms with Crippen LogP contribution in [0.5, 0.6) is 0 Å². The minimum absolute atomic E-state index is 0.314. The number of hydrogen-bond acceptors (Lipinski definition) is 8. The van der Waals surface area contributed by atoms with Gasteiger partial charge in [0.25, 0.3) is 5.91 Å². The van der Waals surface area contributed by atoms with E-state index in [1.165, 1.54) is 44.0 Å². The van der Waals surface area contributed by atoms with Gasteiger partial charge in [0.15, 0.2) is 0 Å². The smallest absolute Gasteiger partial charge is 0.328 e. The fourth-order valence-corrected chi connectivity index (χ4v) is 5.40. The Bertz CT molecular complexity index is 1130. The molecule has 4 rings (SSSR count). The number of rotatable bonds is 9. The van der Waals surface area contributed by atoms with E-state index in [0.29, 0.717) is 11.3 Å². The number of ether oxygens (including phenoxy) is 1. The number of nitrogens with zero attached hydrogens (tertiary/aromatic N) is 3. The summed E-state index contributed by atoms with van der Waals surface area (Å²) in [5.74, 6) is -0.0504. The summed E-state index contributed by atoms with van der Waals surface area (Å²) in [6.45, 7) is 5.93. The summed E-state index contributed by atoms with van der Waals surface area (Å²) < 4.78 is 4.94. The number of fused-ring (bicyclic) bond motifs is 1. The first-order chi connectivity index (χ1) is 16.6. The van der Waals surface area contributed by atoms with E-state index in [-0.39, 0.29) is 5.91 Å². The number of amides is 1. The highest BCUT2D eigenvalue weighted by atomic mass is 32.1. The van der Waals surface area contributed by atoms with E-state index in [1.807, 2.05) is 37.3 Å². The molecule has 3 aromatic rings. The van der Waals surface area contributed by atoms with Crippen molar-refractivity contribution < 1.29 is 14.3 Å². The lowest BCUT2D eigenvalue weighted by Gasteiger charge is -2.26. The molecule has 9 heteroatoms. The second-order valence-electron chi connectivity index (χ2n) is 8.53. The molecule has 0 radical (unpaired) electrons. The summed E-state index contributed by atoms with van der Waals surface area (Å²) in [6.07, 6.45) is 5.72. The molecule has 34 heavy (non-hydrogen) atoms. The maximum atomic E-state index is 13.2. The summed E-state index contributed by atoms with van der Waals surface area (Å²) in [7, 11) is 1.33. The summed E-state index contributed by atoms with van der Waals surface area (Å²) in [6, 6.07) is 8.78. The first-order valence-electron chi connectivity index (χ1n) is 11.7. The summed E-state index contributed by atoms with van der Waals surface area (Å²) in [5.41, 5.74) is 1.75. The number of methoxy groups -OCH3 is 1. The quantitative estimate of drug-likeness (QED) is 0.452. The molecular weight excluding hydrogens is 450 g/mol. The Balaban J connectivity index is 1.49. The second-order valence-corrected chi connectivity index (χ2v) is 9.53. The molecule has 0 aliphatic carbocycles. The van der Waals surface area contributed by atoms with Crippen LogP contribution in [0.2, 0.25) is 0 Å². The molecule has 1 fully saturated rings. The van der Waals surface area contributed by atoms with Gasteiger partial charge in [0.1, 0.15) is 23.0 Å². The van der Waals surface area contributed by atoms with Crippen molar-refractivity contribution in [2.24, 2.45) is 0 Å². The largest absolute Gasteiger partial charge is 0.467 e. The van der Waals surface area contributed by atoms with Crippen LogP contribution >= 0.6 is 11.3 Å². The monoisotopic (exact) mass is 481 g/mol. The standard InChI is InChI=1S/C25H31N5O3S/c1-17-20-22(26-11-14-30-12-7-4-8-13-30)27-16-28-24(20)34-21(17)23(31)29-19(25(32)33-2)15-18-9-5-3-6-10-18/h3,5-6,9-10,16,19H,4,7-8,11-15H2,1-2H3,(H,29,31)(H,26,27,28)/t19-/m0/s1. The first-order valence-corrected chi connectivity index (χ1v) is 12.5. The Hall–Kier alpha value is -3.04. The molecule has 0 saturated carbocycles. The van der Waals surface area contributed by atoms with E-state index in [0.717, 1.165) is 53.3 Å². The maximum Gasteiger partial charge on any atom is 0.328 e. The van der Waals surface area contributed by atoms with Crippen molar-refractivity contribution in [2.45, 2.75) is 38.6 Å². The molecule has 2 aromatic heterocycles. The summed E-state index contributed by atoms with van der Waals surface area (Å²) in [5, 5.41) is 7.15. The summed E-state index contributed by atoms with van der Waals surface area (Å²) in [4.78, 5) is 38.1. The van der Waals surface area contributed by atoms with Gasteiger partial charge in [-0.1, -0.05) is 36.8 Å². The van der Waals surface area contributed by atoms with Gasteiger partial charge in [-0.3, -0.25) is 4.79 Å². The molecule has 0 spiro atoms. The van der Waals surface area contributed by atoms with Crippen molar-refractivity contribution in [3.8, 4) is 0 Å². The van der Waals surface area contributed by atoms with Gasteiger partial charge in [0.05, 0.1) is 17.4 Å². The molecule has 3 heterocycles. The Morgan fingerprint density at radius 2 is 1.91 bits per heavy atom. The zero-order valence-corrected chi connectivity index (χ0v) is 20.5. The van der Waals surface area contributed by atoms with Gasteiger partial charge in [0, 0.05) is 19.5 Å². The molecular formula is C25H31N5O3S. The van der Waals surface area contributed by atoms with E-state index in [2.05, 4.69) is 25.5 Å². The van der Waals surface area contributed by atoms with Gasteiger partial charge in [-0.2, -0.15) is 0 Å². The lowest BCUT2D eigenvalue weighted by molar-refractivity contribution is -0.142. The minimum Gasteiger partial charge on any atom is -0.467 e. The van der Waals surface area contributed by atoms with Gasteiger partial charge in [-0.05, 0) is 44.0 Å². The molecule has 0 unspecified atom stereocenters. The number of thiophene rings is 1. The number of nitrogens with one attached hydrogen (secondary N) is 2. The normalized spacial score (nSPS) is 15.1. The van der Waals surface area contributed by atoms with E-state index in [4.69, 9.17) is 4.74 Å². The van der Waals surface area contributed by atoms with Crippen molar-refractivity contribution in [3.63, 3.8) is 0 Å². The zero-order chi connectivity index (χ0) is 23.9. The predicted octanol–water partition coefficient (Wildman–Crippen LogP) is 3.41. The molecule has 1 aliphatic rings. The van der Waals surface area contributed by atoms with Crippen LogP contribution in [0.3, 0.4) is 0 Å². The number of likely N-dealkylation sites (tertiary alicyclic amines) is 1. The molecule has 1 aromatic carbocycles. The van der Waals surface area contributed by atoms with Gasteiger partial charge in [-0.15, -0.1) is 11.3 Å². The fraction of sp³-hybridized carbons (Fsp3) is 0.440. The number of benzene rings is 1. The topological polar surface area (TPSA) is 96.4 Å². The molecule has 0 bridgehead atoms. The SMILES string of the molecule is COC(=O)[C@H](Cc1ccccc1)NC(=O)c1sc2ncnc(NCCN3CCCCC3)c2c1C. The zero-order valence-electron chi connectivity index (χ0n) is 19.7. The molecule has 1 amide bonds. The molecule has 180 valence electrons. The van der Waals surface area contributed by atoms with E-state index in [1.54, 1.807) is 0 Å². The van der Waals surface area contributed by atoms with Gasteiger partial charge in [-0.25, -0.2) is 14.8 Å². The average Bonchev–Trinajstić information content (AvgIpc) is 3.21. The van der Waals surface area contributed by atoms with Crippen molar-refractivity contribution in [3.05, 3.63) is 52.7 Å². The van der Waals surface area contributed by atoms with Crippen LogP contribution in [0.4, 0.5) is 5.82 Å². The lowest BCUT2D eigenvalue weighted by atomic mass is 10.1. The molecule has 1 atom stereocenters. The highest BCUT2D eigenvalue weighted by molar-refractivity contribution is 7.20. The number of hydrogen-bond donors (Lipinski definition) is 2. The molecule has 1 aliphatic heterocycles. The van der Waals surface area contributed by atoms with Gasteiger partial charge < -0.3 is 20.3 Å². The number of aromatic nitrogens is 2. The van der Waals surface area contributed by atoms with Crippen molar-refractivity contribution in [2.75, 3.05) is 38.6 Å². The number of carbonyl (C=O) groups is 2. The third-order valence-electron chi connectivity index (χ3n) is 6.18. The lowest BCUT2D eigenvalue weighted by Crippen LogP contribution is -2.43. The van der Waals surface area contributed by atoms with Crippen molar-refractivity contribution in [1.82, 2.24) is 20.2 Å². The van der Waals surface area contributed by atoms with Gasteiger partial charge in [0.2, 0.25) is 0 Å². The third-order valence-corrected chi connectivity index (χ3v) is 7.37. The van der Waals surface area contributed by atoms with E-state index in [9.17, 15) is 9.59 Å². The molecule has 2 N–H and O–H groups in total. The number of anilines is 1.